The number of aromatic hydroxyl groups is 2. The number of rotatable bonds is 5. The van der Waals surface area contributed by atoms with E-state index in [2.05, 4.69) is 0 Å². The monoisotopic (exact) mass is 353 g/mol. The van der Waals surface area contributed by atoms with E-state index >= 15 is 0 Å². The van der Waals surface area contributed by atoms with Crippen LogP contribution < -0.4 is 0 Å². The van der Waals surface area contributed by atoms with Gasteiger partial charge in [-0.05, 0) is 13.0 Å². The minimum absolute atomic E-state index is 0.0158. The number of phenols is 2. The van der Waals surface area contributed by atoms with Gasteiger partial charge in [-0.25, -0.2) is 4.79 Å². The van der Waals surface area contributed by atoms with Gasteiger partial charge in [-0.15, -0.1) is 0 Å². The Labute approximate surface area is 143 Å². The zero-order valence-corrected chi connectivity index (χ0v) is 13.7. The standard InChI is InChI=1S/C15H19N3O7/c1-2-25-15(22)17-5-3-16(4-6-17)9-13(20)10-7-11(18(23)24)14(21)12(19)8-10/h7-8,19,21H,2-6,9H2,1H3. The molecular formula is C15H19N3O7. The molecule has 0 atom stereocenters. The maximum atomic E-state index is 12.3. The summed E-state index contributed by atoms with van der Waals surface area (Å²) in [6, 6.07) is 1.94. The average Bonchev–Trinajstić information content (AvgIpc) is 2.57. The molecule has 25 heavy (non-hydrogen) atoms. The predicted octanol–water partition coefficient (Wildman–Crippen LogP) is 0.963. The van der Waals surface area contributed by atoms with Gasteiger partial charge >= 0.3 is 11.8 Å². The number of ether oxygens (including phenoxy) is 1. The van der Waals surface area contributed by atoms with Crippen molar-refractivity contribution in [1.82, 2.24) is 9.80 Å². The first-order valence-corrected chi connectivity index (χ1v) is 7.71. The lowest BCUT2D eigenvalue weighted by molar-refractivity contribution is -0.386. The number of carbonyl (C=O) groups excluding carboxylic acids is 2. The molecule has 10 nitrogen and oxygen atoms in total. The van der Waals surface area contributed by atoms with Crippen molar-refractivity contribution in [3.63, 3.8) is 0 Å². The molecule has 1 aromatic carbocycles. The number of nitro groups is 1. The van der Waals surface area contributed by atoms with Gasteiger partial charge in [-0.1, -0.05) is 0 Å². The second-order valence-electron chi connectivity index (χ2n) is 5.51. The predicted molar refractivity (Wildman–Crippen MR) is 85.8 cm³/mol. The van der Waals surface area contributed by atoms with Gasteiger partial charge in [0.15, 0.2) is 11.5 Å². The van der Waals surface area contributed by atoms with Gasteiger partial charge in [0.25, 0.3) is 0 Å². The van der Waals surface area contributed by atoms with Gasteiger partial charge in [-0.2, -0.15) is 0 Å². The molecular weight excluding hydrogens is 334 g/mol. The molecule has 136 valence electrons. The summed E-state index contributed by atoms with van der Waals surface area (Å²) in [5.74, 6) is -2.02. The molecule has 0 unspecified atom stereocenters. The van der Waals surface area contributed by atoms with E-state index in [0.717, 1.165) is 12.1 Å². The average molecular weight is 353 g/mol. The highest BCUT2D eigenvalue weighted by Gasteiger charge is 2.25. The molecule has 1 aliphatic heterocycles. The van der Waals surface area contributed by atoms with Crippen LogP contribution in [0.4, 0.5) is 10.5 Å². The summed E-state index contributed by atoms with van der Waals surface area (Å²) < 4.78 is 4.91. The van der Waals surface area contributed by atoms with Gasteiger partial charge < -0.3 is 19.8 Å². The molecule has 0 aromatic heterocycles. The Hall–Kier alpha value is -2.88. The normalized spacial score (nSPS) is 15.0. The second-order valence-corrected chi connectivity index (χ2v) is 5.51. The number of phenolic OH excluding ortho intramolecular Hbond substituents is 2. The van der Waals surface area contributed by atoms with Crippen LogP contribution in [0, 0.1) is 10.1 Å². The molecule has 0 aliphatic carbocycles. The zero-order chi connectivity index (χ0) is 18.6. The molecule has 0 saturated carbocycles. The van der Waals surface area contributed by atoms with E-state index in [4.69, 9.17) is 4.74 Å². The number of Topliss-reactive ketones (excluding diaryl/α,β-unsaturated/α-hetero) is 1. The van der Waals surface area contributed by atoms with E-state index in [0.29, 0.717) is 32.8 Å². The Morgan fingerprint density at radius 1 is 1.24 bits per heavy atom. The summed E-state index contributed by atoms with van der Waals surface area (Å²) in [4.78, 5) is 37.3. The maximum absolute atomic E-state index is 12.3. The van der Waals surface area contributed by atoms with Crippen LogP contribution in [0.5, 0.6) is 11.5 Å². The number of nitro benzene ring substituents is 1. The Kier molecular flexibility index (Phi) is 5.75. The van der Waals surface area contributed by atoms with Crippen molar-refractivity contribution in [2.45, 2.75) is 6.92 Å². The second kappa shape index (κ2) is 7.79. The number of hydrogen-bond acceptors (Lipinski definition) is 8. The molecule has 1 heterocycles. The number of amides is 1. The molecule has 1 saturated heterocycles. The van der Waals surface area contributed by atoms with Gasteiger partial charge in [0, 0.05) is 37.8 Å². The fourth-order valence-electron chi connectivity index (χ4n) is 2.50. The molecule has 2 N–H and O–H groups in total. The molecule has 10 heteroatoms. The van der Waals surface area contributed by atoms with Crippen LogP contribution in [0.25, 0.3) is 0 Å². The number of carbonyl (C=O) groups is 2. The summed E-state index contributed by atoms with van der Waals surface area (Å²) in [5, 5.41) is 29.9. The van der Waals surface area contributed by atoms with Gasteiger partial charge in [0.05, 0.1) is 18.1 Å². The minimum atomic E-state index is -0.871. The summed E-state index contributed by atoms with van der Waals surface area (Å²) >= 11 is 0. The van der Waals surface area contributed by atoms with Crippen LogP contribution in [0.15, 0.2) is 12.1 Å². The van der Waals surface area contributed by atoms with Gasteiger partial charge in [0.2, 0.25) is 5.75 Å². The quantitative estimate of drug-likeness (QED) is 0.346. The van der Waals surface area contributed by atoms with Crippen LogP contribution in [-0.2, 0) is 4.74 Å². The van der Waals surface area contributed by atoms with Crippen molar-refractivity contribution < 1.29 is 29.5 Å². The molecule has 1 amide bonds. The van der Waals surface area contributed by atoms with Crippen molar-refractivity contribution >= 4 is 17.6 Å². The van der Waals surface area contributed by atoms with Crippen LogP contribution in [0.1, 0.15) is 17.3 Å². The fourth-order valence-corrected chi connectivity index (χ4v) is 2.50. The topological polar surface area (TPSA) is 133 Å². The first kappa shape index (κ1) is 18.5. The lowest BCUT2D eigenvalue weighted by atomic mass is 10.1. The summed E-state index contributed by atoms with van der Waals surface area (Å²) in [7, 11) is 0. The summed E-state index contributed by atoms with van der Waals surface area (Å²) in [6.45, 7) is 3.73. The summed E-state index contributed by atoms with van der Waals surface area (Å²) in [5.41, 5.74) is -0.787. The first-order valence-electron chi connectivity index (χ1n) is 7.71. The highest BCUT2D eigenvalue weighted by molar-refractivity contribution is 5.99. The molecule has 0 spiro atoms. The number of hydrogen-bond donors (Lipinski definition) is 2. The van der Waals surface area contributed by atoms with Crippen LogP contribution >= 0.6 is 0 Å². The van der Waals surface area contributed by atoms with Crippen molar-refractivity contribution in [3.05, 3.63) is 27.8 Å². The van der Waals surface area contributed by atoms with Crippen LogP contribution in [0.2, 0.25) is 0 Å². The minimum Gasteiger partial charge on any atom is -0.504 e. The molecule has 2 rings (SSSR count). The van der Waals surface area contributed by atoms with Crippen molar-refractivity contribution in [1.29, 1.82) is 0 Å². The third-order valence-corrected chi connectivity index (χ3v) is 3.85. The van der Waals surface area contributed by atoms with E-state index in [1.807, 2.05) is 0 Å². The Morgan fingerprint density at radius 2 is 1.88 bits per heavy atom. The van der Waals surface area contributed by atoms with E-state index in [-0.39, 0.29) is 12.1 Å². The molecule has 0 bridgehead atoms. The van der Waals surface area contributed by atoms with Gasteiger partial charge in [-0.3, -0.25) is 19.8 Å². The third-order valence-electron chi connectivity index (χ3n) is 3.85. The molecule has 0 radical (unpaired) electrons. The lowest BCUT2D eigenvalue weighted by Gasteiger charge is -2.33. The molecule has 1 aromatic rings. The number of piperazine rings is 1. The third kappa shape index (κ3) is 4.35. The summed E-state index contributed by atoms with van der Waals surface area (Å²) in [6.07, 6.45) is -0.396. The van der Waals surface area contributed by atoms with Crippen molar-refractivity contribution in [3.8, 4) is 11.5 Å². The maximum Gasteiger partial charge on any atom is 0.409 e. The highest BCUT2D eigenvalue weighted by atomic mass is 16.6. The number of ketones is 1. The van der Waals surface area contributed by atoms with Crippen LogP contribution in [-0.4, -0.2) is 76.1 Å². The van der Waals surface area contributed by atoms with Crippen molar-refractivity contribution in [2.24, 2.45) is 0 Å². The largest absolute Gasteiger partial charge is 0.504 e. The highest BCUT2D eigenvalue weighted by Crippen LogP contribution is 2.36. The number of benzene rings is 1. The van der Waals surface area contributed by atoms with E-state index in [9.17, 15) is 29.9 Å². The molecule has 1 fully saturated rings. The molecule has 1 aliphatic rings. The van der Waals surface area contributed by atoms with Crippen molar-refractivity contribution in [2.75, 3.05) is 39.3 Å². The van der Waals surface area contributed by atoms with E-state index < -0.39 is 34.0 Å². The Morgan fingerprint density at radius 3 is 2.44 bits per heavy atom. The van der Waals surface area contributed by atoms with Gasteiger partial charge in [0.1, 0.15) is 0 Å². The fraction of sp³-hybridized carbons (Fsp3) is 0.467. The first-order chi connectivity index (χ1) is 11.8. The Bertz CT molecular complexity index is 684. The Balaban J connectivity index is 2.00. The van der Waals surface area contributed by atoms with E-state index in [1.165, 1.54) is 0 Å². The van der Waals surface area contributed by atoms with E-state index in [1.54, 1.807) is 16.7 Å². The van der Waals surface area contributed by atoms with Crippen LogP contribution in [0.3, 0.4) is 0 Å². The smallest absolute Gasteiger partial charge is 0.409 e. The zero-order valence-electron chi connectivity index (χ0n) is 13.7. The number of nitrogens with zero attached hydrogens (tertiary/aromatic N) is 3. The lowest BCUT2D eigenvalue weighted by Crippen LogP contribution is -2.50. The SMILES string of the molecule is CCOC(=O)N1CCN(CC(=O)c2cc(O)c(O)c([N+](=O)[O-])c2)CC1.